The smallest absolute Gasteiger partial charge is 0.139 e. The fourth-order valence-electron chi connectivity index (χ4n) is 2.42. The second-order valence-electron chi connectivity index (χ2n) is 4.96. The van der Waals surface area contributed by atoms with Gasteiger partial charge in [-0.05, 0) is 31.5 Å². The van der Waals surface area contributed by atoms with Gasteiger partial charge in [0.05, 0.1) is 0 Å². The van der Waals surface area contributed by atoms with Crippen molar-refractivity contribution in [3.63, 3.8) is 0 Å². The SMILES string of the molecule is CCCn1ccnc1-c1ccc(C(C)NCC)c(Cl)c1. The first-order valence-electron chi connectivity index (χ1n) is 7.21. The van der Waals surface area contributed by atoms with Gasteiger partial charge in [0.1, 0.15) is 5.82 Å². The molecule has 2 aromatic rings. The van der Waals surface area contributed by atoms with Crippen LogP contribution in [0.15, 0.2) is 30.6 Å². The van der Waals surface area contributed by atoms with Crippen LogP contribution in [-0.4, -0.2) is 16.1 Å². The van der Waals surface area contributed by atoms with Crippen LogP contribution in [-0.2, 0) is 6.54 Å². The lowest BCUT2D eigenvalue weighted by molar-refractivity contribution is 0.598. The number of aryl methyl sites for hydroxylation is 1. The number of hydrogen-bond acceptors (Lipinski definition) is 2. The van der Waals surface area contributed by atoms with Gasteiger partial charge in [-0.25, -0.2) is 4.98 Å². The van der Waals surface area contributed by atoms with Crippen LogP contribution in [0.4, 0.5) is 0 Å². The highest BCUT2D eigenvalue weighted by molar-refractivity contribution is 6.31. The zero-order valence-corrected chi connectivity index (χ0v) is 13.1. The van der Waals surface area contributed by atoms with Crippen molar-refractivity contribution in [1.82, 2.24) is 14.9 Å². The third kappa shape index (κ3) is 3.22. The summed E-state index contributed by atoms with van der Waals surface area (Å²) in [5, 5.41) is 4.18. The zero-order chi connectivity index (χ0) is 14.5. The van der Waals surface area contributed by atoms with Gasteiger partial charge in [0, 0.05) is 35.6 Å². The van der Waals surface area contributed by atoms with Crippen LogP contribution in [0.2, 0.25) is 5.02 Å². The maximum absolute atomic E-state index is 6.43. The number of aromatic nitrogens is 2. The molecule has 0 amide bonds. The summed E-state index contributed by atoms with van der Waals surface area (Å²) >= 11 is 6.43. The van der Waals surface area contributed by atoms with Crippen molar-refractivity contribution in [3.05, 3.63) is 41.2 Å². The predicted octanol–water partition coefficient (Wildman–Crippen LogP) is 4.28. The van der Waals surface area contributed by atoms with Crippen molar-refractivity contribution in [2.24, 2.45) is 0 Å². The molecule has 0 radical (unpaired) electrons. The number of imidazole rings is 1. The molecule has 0 fully saturated rings. The Hall–Kier alpha value is -1.32. The summed E-state index contributed by atoms with van der Waals surface area (Å²) in [6.07, 6.45) is 4.95. The Bertz CT molecular complexity index is 563. The van der Waals surface area contributed by atoms with Crippen molar-refractivity contribution in [1.29, 1.82) is 0 Å². The Morgan fingerprint density at radius 2 is 2.15 bits per heavy atom. The lowest BCUT2D eigenvalue weighted by Crippen LogP contribution is -2.18. The van der Waals surface area contributed by atoms with Gasteiger partial charge < -0.3 is 9.88 Å². The van der Waals surface area contributed by atoms with Crippen molar-refractivity contribution in [2.45, 2.75) is 39.8 Å². The average Bonchev–Trinajstić information content (AvgIpc) is 2.87. The Morgan fingerprint density at radius 3 is 2.80 bits per heavy atom. The molecule has 0 spiro atoms. The first-order valence-corrected chi connectivity index (χ1v) is 7.59. The molecule has 0 saturated carbocycles. The van der Waals surface area contributed by atoms with Gasteiger partial charge in [-0.15, -0.1) is 0 Å². The van der Waals surface area contributed by atoms with E-state index in [0.29, 0.717) is 0 Å². The number of rotatable bonds is 6. The number of hydrogen-bond donors (Lipinski definition) is 1. The lowest BCUT2D eigenvalue weighted by Gasteiger charge is -2.15. The summed E-state index contributed by atoms with van der Waals surface area (Å²) in [6.45, 7) is 8.29. The molecule has 20 heavy (non-hydrogen) atoms. The molecule has 1 N–H and O–H groups in total. The highest BCUT2D eigenvalue weighted by Gasteiger charge is 2.12. The number of benzene rings is 1. The predicted molar refractivity (Wildman–Crippen MR) is 85.1 cm³/mol. The van der Waals surface area contributed by atoms with E-state index >= 15 is 0 Å². The molecule has 1 atom stereocenters. The van der Waals surface area contributed by atoms with Gasteiger partial charge in [0.25, 0.3) is 0 Å². The lowest BCUT2D eigenvalue weighted by atomic mass is 10.1. The molecule has 0 aliphatic heterocycles. The Kier molecular flexibility index (Phi) is 5.21. The average molecular weight is 292 g/mol. The molecule has 1 aromatic heterocycles. The van der Waals surface area contributed by atoms with Gasteiger partial charge in [-0.2, -0.15) is 0 Å². The van der Waals surface area contributed by atoms with E-state index in [1.165, 1.54) is 0 Å². The molecular formula is C16H22ClN3. The molecule has 0 aliphatic carbocycles. The van der Waals surface area contributed by atoms with Crippen molar-refractivity contribution in [3.8, 4) is 11.4 Å². The summed E-state index contributed by atoms with van der Waals surface area (Å²) in [4.78, 5) is 4.45. The highest BCUT2D eigenvalue weighted by atomic mass is 35.5. The van der Waals surface area contributed by atoms with Gasteiger partial charge >= 0.3 is 0 Å². The molecule has 2 rings (SSSR count). The van der Waals surface area contributed by atoms with Gasteiger partial charge in [-0.1, -0.05) is 37.6 Å². The number of nitrogens with zero attached hydrogens (tertiary/aromatic N) is 2. The van der Waals surface area contributed by atoms with Crippen LogP contribution in [0.3, 0.4) is 0 Å². The monoisotopic (exact) mass is 291 g/mol. The molecule has 4 heteroatoms. The van der Waals surface area contributed by atoms with E-state index in [1.54, 1.807) is 0 Å². The van der Waals surface area contributed by atoms with E-state index in [2.05, 4.69) is 47.8 Å². The van der Waals surface area contributed by atoms with Gasteiger partial charge in [0.15, 0.2) is 0 Å². The molecule has 1 heterocycles. The largest absolute Gasteiger partial charge is 0.331 e. The molecule has 0 saturated heterocycles. The van der Waals surface area contributed by atoms with Crippen LogP contribution < -0.4 is 5.32 Å². The third-order valence-corrected chi connectivity index (χ3v) is 3.74. The Balaban J connectivity index is 2.31. The van der Waals surface area contributed by atoms with Crippen molar-refractivity contribution in [2.75, 3.05) is 6.54 Å². The molecule has 1 unspecified atom stereocenters. The summed E-state index contributed by atoms with van der Waals surface area (Å²) < 4.78 is 2.17. The van der Waals surface area contributed by atoms with Crippen LogP contribution >= 0.6 is 11.6 Å². The Labute approximate surface area is 126 Å². The van der Waals surface area contributed by atoms with E-state index < -0.39 is 0 Å². The number of halogens is 1. The summed E-state index contributed by atoms with van der Waals surface area (Å²) in [5.74, 6) is 0.983. The van der Waals surface area contributed by atoms with E-state index in [0.717, 1.165) is 41.5 Å². The Morgan fingerprint density at radius 1 is 1.35 bits per heavy atom. The third-order valence-electron chi connectivity index (χ3n) is 3.42. The minimum absolute atomic E-state index is 0.261. The summed E-state index contributed by atoms with van der Waals surface area (Å²) in [6, 6.07) is 6.47. The molecule has 108 valence electrons. The topological polar surface area (TPSA) is 29.9 Å². The summed E-state index contributed by atoms with van der Waals surface area (Å²) in [7, 11) is 0. The normalized spacial score (nSPS) is 12.6. The minimum Gasteiger partial charge on any atom is -0.331 e. The minimum atomic E-state index is 0.261. The second kappa shape index (κ2) is 6.91. The van der Waals surface area contributed by atoms with Crippen LogP contribution in [0.25, 0.3) is 11.4 Å². The second-order valence-corrected chi connectivity index (χ2v) is 5.37. The highest BCUT2D eigenvalue weighted by Crippen LogP contribution is 2.28. The maximum atomic E-state index is 6.43. The van der Waals surface area contributed by atoms with Crippen LogP contribution in [0.1, 0.15) is 38.8 Å². The fraction of sp³-hybridized carbons (Fsp3) is 0.438. The molecule has 3 nitrogen and oxygen atoms in total. The number of nitrogens with one attached hydrogen (secondary N) is 1. The van der Waals surface area contributed by atoms with Crippen LogP contribution in [0, 0.1) is 0 Å². The van der Waals surface area contributed by atoms with Crippen molar-refractivity contribution < 1.29 is 0 Å². The van der Waals surface area contributed by atoms with Gasteiger partial charge in [0.2, 0.25) is 0 Å². The zero-order valence-electron chi connectivity index (χ0n) is 12.4. The standard InChI is InChI=1S/C16H22ClN3/c1-4-9-20-10-8-19-16(20)13-6-7-14(15(17)11-13)12(3)18-5-2/h6-8,10-12,18H,4-5,9H2,1-3H3. The molecular weight excluding hydrogens is 270 g/mol. The molecule has 1 aromatic carbocycles. The van der Waals surface area contributed by atoms with E-state index in [9.17, 15) is 0 Å². The van der Waals surface area contributed by atoms with E-state index in [1.807, 2.05) is 18.5 Å². The van der Waals surface area contributed by atoms with Crippen molar-refractivity contribution >= 4 is 11.6 Å². The first-order chi connectivity index (χ1) is 9.67. The molecule has 0 bridgehead atoms. The molecule has 0 aliphatic rings. The van der Waals surface area contributed by atoms with Crippen LogP contribution in [0.5, 0.6) is 0 Å². The summed E-state index contributed by atoms with van der Waals surface area (Å²) in [5.41, 5.74) is 2.20. The van der Waals surface area contributed by atoms with Gasteiger partial charge in [-0.3, -0.25) is 0 Å². The quantitative estimate of drug-likeness (QED) is 0.861. The maximum Gasteiger partial charge on any atom is 0.139 e. The fourth-order valence-corrected chi connectivity index (χ4v) is 2.77. The first kappa shape index (κ1) is 15.1. The van der Waals surface area contributed by atoms with E-state index in [4.69, 9.17) is 11.6 Å². The van der Waals surface area contributed by atoms with E-state index in [-0.39, 0.29) is 6.04 Å².